The zero-order chi connectivity index (χ0) is 18.6. The molecule has 0 atom stereocenters. The standard InChI is InChI=1S/C20H19N3O4/c24-18(23-8-10-26-11-9-23)13-27-20(25)15-6-7-16-17(12-15)22-19(21-16)14-4-2-1-3-5-14/h1-7,12H,8-11,13H2,(H,21,22). The highest BCUT2D eigenvalue weighted by molar-refractivity contribution is 5.95. The molecule has 1 aliphatic heterocycles. The molecule has 0 saturated carbocycles. The van der Waals surface area contributed by atoms with Crippen LogP contribution in [0, 0.1) is 0 Å². The fourth-order valence-electron chi connectivity index (χ4n) is 2.98. The first kappa shape index (κ1) is 17.2. The second-order valence-corrected chi connectivity index (χ2v) is 6.25. The zero-order valence-electron chi connectivity index (χ0n) is 14.7. The van der Waals surface area contributed by atoms with Gasteiger partial charge in [-0.1, -0.05) is 30.3 Å². The van der Waals surface area contributed by atoms with Crippen LogP contribution in [0.25, 0.3) is 22.4 Å². The molecule has 2 heterocycles. The van der Waals surface area contributed by atoms with Gasteiger partial charge in [-0.2, -0.15) is 0 Å². The van der Waals surface area contributed by atoms with Crippen molar-refractivity contribution < 1.29 is 19.1 Å². The summed E-state index contributed by atoms with van der Waals surface area (Å²) in [7, 11) is 0. The number of hydrogen-bond donors (Lipinski definition) is 1. The van der Waals surface area contributed by atoms with Crippen LogP contribution in [-0.2, 0) is 14.3 Å². The molecule has 1 aromatic heterocycles. The molecule has 7 nitrogen and oxygen atoms in total. The number of nitrogens with one attached hydrogen (secondary N) is 1. The van der Waals surface area contributed by atoms with Crippen LogP contribution in [0.3, 0.4) is 0 Å². The molecule has 7 heteroatoms. The van der Waals surface area contributed by atoms with Crippen LogP contribution in [-0.4, -0.2) is 59.7 Å². The summed E-state index contributed by atoms with van der Waals surface area (Å²) < 4.78 is 10.4. The second kappa shape index (κ2) is 7.59. The fourth-order valence-corrected chi connectivity index (χ4v) is 2.98. The Morgan fingerprint density at radius 3 is 2.67 bits per heavy atom. The van der Waals surface area contributed by atoms with E-state index in [-0.39, 0.29) is 12.5 Å². The predicted octanol–water partition coefficient (Wildman–Crippen LogP) is 2.25. The molecule has 1 saturated heterocycles. The Kier molecular flexibility index (Phi) is 4.84. The predicted molar refractivity (Wildman–Crippen MR) is 99.2 cm³/mol. The SMILES string of the molecule is O=C(OCC(=O)N1CCOCC1)c1ccc2nc(-c3ccccc3)[nH]c2c1. The van der Waals surface area contributed by atoms with Gasteiger partial charge in [-0.25, -0.2) is 9.78 Å². The summed E-state index contributed by atoms with van der Waals surface area (Å²) in [6.07, 6.45) is 0. The number of fused-ring (bicyclic) bond motifs is 1. The third-order valence-electron chi connectivity index (χ3n) is 4.46. The van der Waals surface area contributed by atoms with Crippen molar-refractivity contribution in [3.63, 3.8) is 0 Å². The third kappa shape index (κ3) is 3.83. The molecular weight excluding hydrogens is 346 g/mol. The van der Waals surface area contributed by atoms with E-state index in [0.29, 0.717) is 31.9 Å². The summed E-state index contributed by atoms with van der Waals surface area (Å²) in [6, 6.07) is 14.9. The minimum Gasteiger partial charge on any atom is -0.452 e. The quantitative estimate of drug-likeness (QED) is 0.717. The van der Waals surface area contributed by atoms with Gasteiger partial charge in [0.05, 0.1) is 29.8 Å². The van der Waals surface area contributed by atoms with E-state index in [4.69, 9.17) is 9.47 Å². The van der Waals surface area contributed by atoms with E-state index in [1.165, 1.54) is 0 Å². The first-order valence-corrected chi connectivity index (χ1v) is 8.78. The minimum absolute atomic E-state index is 0.208. The topological polar surface area (TPSA) is 84.5 Å². The summed E-state index contributed by atoms with van der Waals surface area (Å²) in [5.74, 6) is -0.00591. The summed E-state index contributed by atoms with van der Waals surface area (Å²) in [4.78, 5) is 33.8. The normalized spacial score (nSPS) is 14.3. The van der Waals surface area contributed by atoms with E-state index >= 15 is 0 Å². The lowest BCUT2D eigenvalue weighted by atomic mass is 10.2. The maximum absolute atomic E-state index is 12.3. The molecule has 138 valence electrons. The van der Waals surface area contributed by atoms with Gasteiger partial charge in [0, 0.05) is 18.7 Å². The Morgan fingerprint density at radius 1 is 1.11 bits per heavy atom. The minimum atomic E-state index is -0.533. The number of H-pyrrole nitrogens is 1. The molecule has 0 spiro atoms. The highest BCUT2D eigenvalue weighted by atomic mass is 16.5. The lowest BCUT2D eigenvalue weighted by molar-refractivity contribution is -0.138. The number of hydrogen-bond acceptors (Lipinski definition) is 5. The maximum Gasteiger partial charge on any atom is 0.338 e. The highest BCUT2D eigenvalue weighted by Crippen LogP contribution is 2.21. The lowest BCUT2D eigenvalue weighted by Gasteiger charge is -2.26. The first-order valence-electron chi connectivity index (χ1n) is 8.78. The third-order valence-corrected chi connectivity index (χ3v) is 4.46. The van der Waals surface area contributed by atoms with Gasteiger partial charge in [-0.05, 0) is 18.2 Å². The van der Waals surface area contributed by atoms with Crippen molar-refractivity contribution in [1.29, 1.82) is 0 Å². The number of imidazole rings is 1. The fraction of sp³-hybridized carbons (Fsp3) is 0.250. The van der Waals surface area contributed by atoms with Crippen molar-refractivity contribution >= 4 is 22.9 Å². The molecule has 1 fully saturated rings. The van der Waals surface area contributed by atoms with E-state index in [1.807, 2.05) is 30.3 Å². The monoisotopic (exact) mass is 365 g/mol. The van der Waals surface area contributed by atoms with Gasteiger partial charge in [-0.3, -0.25) is 4.79 Å². The number of carbonyl (C=O) groups is 2. The molecule has 2 aromatic carbocycles. The van der Waals surface area contributed by atoms with Crippen LogP contribution in [0.15, 0.2) is 48.5 Å². The smallest absolute Gasteiger partial charge is 0.338 e. The molecule has 3 aromatic rings. The van der Waals surface area contributed by atoms with Gasteiger partial charge < -0.3 is 19.4 Å². The number of ether oxygens (including phenoxy) is 2. The average molecular weight is 365 g/mol. The van der Waals surface area contributed by atoms with Crippen molar-refractivity contribution in [3.05, 3.63) is 54.1 Å². The van der Waals surface area contributed by atoms with Gasteiger partial charge in [-0.15, -0.1) is 0 Å². The number of aromatic amines is 1. The number of carbonyl (C=O) groups excluding carboxylic acids is 2. The van der Waals surface area contributed by atoms with Crippen LogP contribution in [0.2, 0.25) is 0 Å². The number of esters is 1. The molecule has 1 amide bonds. The number of benzene rings is 2. The van der Waals surface area contributed by atoms with Gasteiger partial charge in [0.2, 0.25) is 0 Å². The van der Waals surface area contributed by atoms with E-state index in [1.54, 1.807) is 23.1 Å². The van der Waals surface area contributed by atoms with Gasteiger partial charge in [0.1, 0.15) is 5.82 Å². The first-order chi connectivity index (χ1) is 13.2. The largest absolute Gasteiger partial charge is 0.452 e. The van der Waals surface area contributed by atoms with Gasteiger partial charge in [0.25, 0.3) is 5.91 Å². The van der Waals surface area contributed by atoms with Crippen LogP contribution in [0.5, 0.6) is 0 Å². The number of amides is 1. The second-order valence-electron chi connectivity index (χ2n) is 6.25. The Balaban J connectivity index is 1.45. The van der Waals surface area contributed by atoms with Crippen LogP contribution < -0.4 is 0 Å². The van der Waals surface area contributed by atoms with Crippen molar-refractivity contribution in [1.82, 2.24) is 14.9 Å². The average Bonchev–Trinajstić information content (AvgIpc) is 3.16. The number of rotatable bonds is 4. The van der Waals surface area contributed by atoms with Gasteiger partial charge in [0.15, 0.2) is 6.61 Å². The summed E-state index contributed by atoms with van der Waals surface area (Å²) >= 11 is 0. The molecule has 0 unspecified atom stereocenters. The summed E-state index contributed by atoms with van der Waals surface area (Å²) in [5.41, 5.74) is 2.84. The Hall–Kier alpha value is -3.19. The molecule has 0 radical (unpaired) electrons. The summed E-state index contributed by atoms with van der Waals surface area (Å²) in [6.45, 7) is 1.81. The van der Waals surface area contributed by atoms with Crippen molar-refractivity contribution in [2.45, 2.75) is 0 Å². The van der Waals surface area contributed by atoms with E-state index in [0.717, 1.165) is 22.4 Å². The van der Waals surface area contributed by atoms with E-state index in [9.17, 15) is 9.59 Å². The number of morpholine rings is 1. The van der Waals surface area contributed by atoms with Crippen LogP contribution in [0.1, 0.15) is 10.4 Å². The Morgan fingerprint density at radius 2 is 1.89 bits per heavy atom. The molecule has 0 bridgehead atoms. The molecule has 27 heavy (non-hydrogen) atoms. The maximum atomic E-state index is 12.3. The molecule has 0 aliphatic carbocycles. The lowest BCUT2D eigenvalue weighted by Crippen LogP contribution is -2.42. The molecule has 1 aliphatic rings. The van der Waals surface area contributed by atoms with Crippen molar-refractivity contribution in [2.24, 2.45) is 0 Å². The zero-order valence-corrected chi connectivity index (χ0v) is 14.7. The van der Waals surface area contributed by atoms with Crippen LogP contribution >= 0.6 is 0 Å². The van der Waals surface area contributed by atoms with Crippen molar-refractivity contribution in [2.75, 3.05) is 32.9 Å². The molecular formula is C20H19N3O4. The van der Waals surface area contributed by atoms with Gasteiger partial charge >= 0.3 is 5.97 Å². The summed E-state index contributed by atoms with van der Waals surface area (Å²) in [5, 5.41) is 0. The molecule has 4 rings (SSSR count). The Labute approximate surface area is 155 Å². The Bertz CT molecular complexity index is 962. The number of aromatic nitrogens is 2. The van der Waals surface area contributed by atoms with Crippen LogP contribution in [0.4, 0.5) is 0 Å². The van der Waals surface area contributed by atoms with Crippen molar-refractivity contribution in [3.8, 4) is 11.4 Å². The van der Waals surface area contributed by atoms with E-state index in [2.05, 4.69) is 9.97 Å². The molecule has 1 N–H and O–H groups in total. The highest BCUT2D eigenvalue weighted by Gasteiger charge is 2.19. The van der Waals surface area contributed by atoms with E-state index < -0.39 is 5.97 Å². The number of nitrogens with zero attached hydrogens (tertiary/aromatic N) is 2.